The van der Waals surface area contributed by atoms with Gasteiger partial charge in [0.15, 0.2) is 0 Å². The number of aromatic nitrogens is 2. The molecule has 7 heteroatoms. The number of amides is 1. The van der Waals surface area contributed by atoms with Crippen molar-refractivity contribution in [2.24, 2.45) is 0 Å². The van der Waals surface area contributed by atoms with Crippen LogP contribution in [-0.4, -0.2) is 33.9 Å². The molecule has 0 saturated carbocycles. The normalized spacial score (nSPS) is 10.8. The number of carbonyl (C=O) groups is 1. The van der Waals surface area contributed by atoms with Gasteiger partial charge in [0.05, 0.1) is 11.9 Å². The first kappa shape index (κ1) is 17.9. The first-order valence-corrected chi connectivity index (χ1v) is 9.50. The molecule has 0 spiro atoms. The zero-order valence-electron chi connectivity index (χ0n) is 13.5. The Labute approximate surface area is 144 Å². The monoisotopic (exact) mass is 353 g/mol. The van der Waals surface area contributed by atoms with Crippen LogP contribution in [0.25, 0.3) is 10.6 Å². The highest BCUT2D eigenvalue weighted by Crippen LogP contribution is 2.34. The first-order valence-electron chi connectivity index (χ1n) is 7.53. The van der Waals surface area contributed by atoms with E-state index in [1.54, 1.807) is 22.9 Å². The van der Waals surface area contributed by atoms with E-state index >= 15 is 0 Å². The zero-order valence-corrected chi connectivity index (χ0v) is 15.1. The second-order valence-corrected chi connectivity index (χ2v) is 7.26. The van der Waals surface area contributed by atoms with Gasteiger partial charge in [0.2, 0.25) is 5.91 Å². The van der Waals surface area contributed by atoms with Crippen molar-refractivity contribution in [1.82, 2.24) is 9.97 Å². The number of halogens is 1. The summed E-state index contributed by atoms with van der Waals surface area (Å²) in [5.74, 6) is 1.54. The average molecular weight is 353 g/mol. The minimum Gasteiger partial charge on any atom is -0.303 e. The van der Waals surface area contributed by atoms with E-state index in [-0.39, 0.29) is 5.91 Å². The van der Waals surface area contributed by atoms with Crippen molar-refractivity contribution in [2.75, 3.05) is 23.0 Å². The predicted molar refractivity (Wildman–Crippen MR) is 95.7 cm³/mol. The third-order valence-corrected chi connectivity index (χ3v) is 5.38. The van der Waals surface area contributed by atoms with E-state index in [1.165, 1.54) is 17.4 Å². The second-order valence-electron chi connectivity index (χ2n) is 4.89. The first-order chi connectivity index (χ1) is 11.1. The summed E-state index contributed by atoms with van der Waals surface area (Å²) < 4.78 is 13.3. The Morgan fingerprint density at radius 3 is 2.83 bits per heavy atom. The van der Waals surface area contributed by atoms with E-state index in [0.29, 0.717) is 23.5 Å². The number of hydrogen-bond donors (Lipinski definition) is 0. The van der Waals surface area contributed by atoms with E-state index in [2.05, 4.69) is 16.9 Å². The number of hydrogen-bond acceptors (Lipinski definition) is 5. The molecule has 0 aromatic carbocycles. The Hall–Kier alpha value is -1.47. The summed E-state index contributed by atoms with van der Waals surface area (Å²) in [6, 6.07) is 1.41. The highest BCUT2D eigenvalue weighted by molar-refractivity contribution is 7.99. The van der Waals surface area contributed by atoms with Crippen molar-refractivity contribution in [1.29, 1.82) is 0 Å². The Morgan fingerprint density at radius 2 is 2.17 bits per heavy atom. The SMILES string of the molecule is CCSCCC(=O)N(CC)c1sc(-c2cncc(F)c2)nc1C. The molecule has 0 unspecified atom stereocenters. The molecular weight excluding hydrogens is 333 g/mol. The molecule has 0 bridgehead atoms. The van der Waals surface area contributed by atoms with Crippen molar-refractivity contribution < 1.29 is 9.18 Å². The molecule has 0 aliphatic rings. The molecule has 1 amide bonds. The summed E-state index contributed by atoms with van der Waals surface area (Å²) in [4.78, 5) is 22.5. The van der Waals surface area contributed by atoms with E-state index in [0.717, 1.165) is 28.4 Å². The lowest BCUT2D eigenvalue weighted by molar-refractivity contribution is -0.118. The van der Waals surface area contributed by atoms with E-state index < -0.39 is 5.82 Å². The van der Waals surface area contributed by atoms with Gasteiger partial charge >= 0.3 is 0 Å². The molecule has 0 saturated heterocycles. The molecular formula is C16H20FN3OS2. The fourth-order valence-corrected chi connectivity index (χ4v) is 3.90. The molecule has 23 heavy (non-hydrogen) atoms. The Morgan fingerprint density at radius 1 is 1.39 bits per heavy atom. The maximum Gasteiger partial charge on any atom is 0.228 e. The summed E-state index contributed by atoms with van der Waals surface area (Å²) in [7, 11) is 0. The molecule has 0 aliphatic carbocycles. The summed E-state index contributed by atoms with van der Waals surface area (Å²) in [6.07, 6.45) is 3.26. The van der Waals surface area contributed by atoms with Crippen LogP contribution in [0.15, 0.2) is 18.5 Å². The zero-order chi connectivity index (χ0) is 16.8. The maximum atomic E-state index is 13.3. The second kappa shape index (κ2) is 8.40. The molecule has 0 fully saturated rings. The summed E-state index contributed by atoms with van der Waals surface area (Å²) in [5, 5.41) is 1.51. The molecule has 0 N–H and O–H groups in total. The number of pyridine rings is 1. The summed E-state index contributed by atoms with van der Waals surface area (Å²) >= 11 is 3.16. The molecule has 2 heterocycles. The Balaban J connectivity index is 2.23. The minimum absolute atomic E-state index is 0.101. The fraction of sp³-hybridized carbons (Fsp3) is 0.438. The summed E-state index contributed by atoms with van der Waals surface area (Å²) in [5.41, 5.74) is 1.42. The number of nitrogens with zero attached hydrogens (tertiary/aromatic N) is 3. The average Bonchev–Trinajstić information content (AvgIpc) is 2.90. The van der Waals surface area contributed by atoms with E-state index in [4.69, 9.17) is 0 Å². The van der Waals surface area contributed by atoms with Crippen LogP contribution >= 0.6 is 23.1 Å². The molecule has 2 aromatic heterocycles. The topological polar surface area (TPSA) is 46.1 Å². The van der Waals surface area contributed by atoms with Crippen LogP contribution in [0, 0.1) is 12.7 Å². The van der Waals surface area contributed by atoms with Gasteiger partial charge in [-0.3, -0.25) is 9.78 Å². The molecule has 0 atom stereocenters. The fourth-order valence-electron chi connectivity index (χ4n) is 2.16. The van der Waals surface area contributed by atoms with Gasteiger partial charge in [-0.25, -0.2) is 9.37 Å². The van der Waals surface area contributed by atoms with Gasteiger partial charge in [0.25, 0.3) is 0 Å². The molecule has 0 radical (unpaired) electrons. The molecule has 124 valence electrons. The van der Waals surface area contributed by atoms with Crippen molar-refractivity contribution in [3.8, 4) is 10.6 Å². The molecule has 4 nitrogen and oxygen atoms in total. The summed E-state index contributed by atoms with van der Waals surface area (Å²) in [6.45, 7) is 6.51. The predicted octanol–water partition coefficient (Wildman–Crippen LogP) is 4.15. The van der Waals surface area contributed by atoms with Crippen molar-refractivity contribution in [3.63, 3.8) is 0 Å². The molecule has 2 rings (SSSR count). The maximum absolute atomic E-state index is 13.3. The molecule has 0 aliphatic heterocycles. The van der Waals surface area contributed by atoms with Crippen molar-refractivity contribution >= 4 is 34.0 Å². The number of rotatable bonds is 7. The Kier molecular flexibility index (Phi) is 6.53. The number of aryl methyl sites for hydroxylation is 1. The van der Waals surface area contributed by atoms with Gasteiger partial charge < -0.3 is 4.90 Å². The van der Waals surface area contributed by atoms with Crippen LogP contribution in [0.5, 0.6) is 0 Å². The third-order valence-electron chi connectivity index (χ3n) is 3.25. The highest BCUT2D eigenvalue weighted by Gasteiger charge is 2.20. The number of thiazole rings is 1. The highest BCUT2D eigenvalue weighted by atomic mass is 32.2. The van der Waals surface area contributed by atoms with Crippen LogP contribution in [0.2, 0.25) is 0 Å². The Bertz CT molecular complexity index is 675. The van der Waals surface area contributed by atoms with Gasteiger partial charge in [0.1, 0.15) is 15.8 Å². The van der Waals surface area contributed by atoms with Crippen LogP contribution in [0.1, 0.15) is 26.0 Å². The van der Waals surface area contributed by atoms with Crippen molar-refractivity contribution in [2.45, 2.75) is 27.2 Å². The van der Waals surface area contributed by atoms with Crippen molar-refractivity contribution in [3.05, 3.63) is 30.0 Å². The van der Waals surface area contributed by atoms with Crippen LogP contribution in [-0.2, 0) is 4.79 Å². The smallest absolute Gasteiger partial charge is 0.228 e. The van der Waals surface area contributed by atoms with Gasteiger partial charge in [-0.1, -0.05) is 18.3 Å². The quantitative estimate of drug-likeness (QED) is 0.702. The van der Waals surface area contributed by atoms with Crippen LogP contribution in [0.3, 0.4) is 0 Å². The van der Waals surface area contributed by atoms with Crippen LogP contribution in [0.4, 0.5) is 9.39 Å². The third kappa shape index (κ3) is 4.51. The van der Waals surface area contributed by atoms with Gasteiger partial charge in [-0.15, -0.1) is 0 Å². The largest absolute Gasteiger partial charge is 0.303 e. The minimum atomic E-state index is -0.392. The molecule has 2 aromatic rings. The van der Waals surface area contributed by atoms with Gasteiger partial charge in [0, 0.05) is 30.5 Å². The number of thioether (sulfide) groups is 1. The van der Waals surface area contributed by atoms with Gasteiger partial charge in [-0.2, -0.15) is 11.8 Å². The van der Waals surface area contributed by atoms with E-state index in [9.17, 15) is 9.18 Å². The van der Waals surface area contributed by atoms with Gasteiger partial charge in [-0.05, 0) is 25.7 Å². The van der Waals surface area contributed by atoms with Crippen LogP contribution < -0.4 is 4.90 Å². The standard InChI is InChI=1S/C16H20FN3OS2/c1-4-20(14(21)6-7-22-5-2)16-11(3)19-15(23-16)12-8-13(17)10-18-9-12/h8-10H,4-7H2,1-3H3. The van der Waals surface area contributed by atoms with E-state index in [1.807, 2.05) is 13.8 Å². The lowest BCUT2D eigenvalue weighted by Crippen LogP contribution is -2.30. The number of anilines is 1. The lowest BCUT2D eigenvalue weighted by Gasteiger charge is -2.19. The number of carbonyl (C=O) groups excluding carboxylic acids is 1. The lowest BCUT2D eigenvalue weighted by atomic mass is 10.3.